The van der Waals surface area contributed by atoms with Crippen LogP contribution in [0.1, 0.15) is 16.1 Å². The molecular weight excluding hydrogens is 256 g/mol. The predicted molar refractivity (Wildman–Crippen MR) is 61.7 cm³/mol. The smallest absolute Gasteiger partial charge is 0.339 e. The zero-order valence-electron chi connectivity index (χ0n) is 9.44. The molecule has 0 saturated heterocycles. The maximum atomic E-state index is 11.0. The molecule has 0 aliphatic carbocycles. The van der Waals surface area contributed by atoms with Gasteiger partial charge in [-0.15, -0.1) is 0 Å². The van der Waals surface area contributed by atoms with Crippen LogP contribution in [0.15, 0.2) is 29.0 Å². The minimum Gasteiger partial charge on any atom is -0.478 e. The molecule has 0 saturated carbocycles. The van der Waals surface area contributed by atoms with Gasteiger partial charge in [-0.3, -0.25) is 10.1 Å². The van der Waals surface area contributed by atoms with Crippen molar-refractivity contribution in [2.24, 2.45) is 0 Å². The summed E-state index contributed by atoms with van der Waals surface area (Å²) in [7, 11) is 0. The van der Waals surface area contributed by atoms with Gasteiger partial charge < -0.3 is 14.9 Å². The third-order valence-corrected chi connectivity index (χ3v) is 2.24. The number of nitro groups is 1. The molecular formula is C10H8N4O5. The van der Waals surface area contributed by atoms with Gasteiger partial charge in [0.2, 0.25) is 0 Å². The highest BCUT2D eigenvalue weighted by molar-refractivity contribution is 5.93. The molecule has 0 fully saturated rings. The summed E-state index contributed by atoms with van der Waals surface area (Å²) < 4.78 is 4.82. The second-order valence-corrected chi connectivity index (χ2v) is 3.48. The van der Waals surface area contributed by atoms with Crippen LogP contribution in [-0.2, 0) is 6.54 Å². The molecule has 9 nitrogen and oxygen atoms in total. The number of carboxylic acid groups (broad SMARTS) is 1. The molecule has 0 aliphatic rings. The summed E-state index contributed by atoms with van der Waals surface area (Å²) >= 11 is 0. The fourth-order valence-electron chi connectivity index (χ4n) is 1.36. The number of anilines is 1. The molecule has 2 N–H and O–H groups in total. The van der Waals surface area contributed by atoms with Gasteiger partial charge >= 0.3 is 5.97 Å². The standard InChI is InChI=1S/C10H8N4O5/c15-10(16)8-3-6(14(17)18)4-11-9(8)12-5-7-1-2-13-19-7/h1-4H,5H2,(H,11,12)(H,15,16). The Morgan fingerprint density at radius 3 is 2.95 bits per heavy atom. The van der Waals surface area contributed by atoms with Crippen LogP contribution in [0.5, 0.6) is 0 Å². The number of carboxylic acids is 1. The van der Waals surface area contributed by atoms with Crippen LogP contribution in [0.3, 0.4) is 0 Å². The van der Waals surface area contributed by atoms with E-state index in [2.05, 4.69) is 15.5 Å². The van der Waals surface area contributed by atoms with E-state index in [0.717, 1.165) is 12.3 Å². The van der Waals surface area contributed by atoms with E-state index in [9.17, 15) is 14.9 Å². The Morgan fingerprint density at radius 1 is 1.58 bits per heavy atom. The Labute approximate surface area is 106 Å². The van der Waals surface area contributed by atoms with E-state index in [0.29, 0.717) is 5.76 Å². The fourth-order valence-corrected chi connectivity index (χ4v) is 1.36. The van der Waals surface area contributed by atoms with Crippen molar-refractivity contribution < 1.29 is 19.3 Å². The Balaban J connectivity index is 2.24. The van der Waals surface area contributed by atoms with E-state index in [1.807, 2.05) is 0 Å². The largest absolute Gasteiger partial charge is 0.478 e. The number of nitrogens with zero attached hydrogens (tertiary/aromatic N) is 3. The first-order valence-electron chi connectivity index (χ1n) is 5.09. The lowest BCUT2D eigenvalue weighted by atomic mass is 10.2. The van der Waals surface area contributed by atoms with Crippen LogP contribution < -0.4 is 5.32 Å². The first-order chi connectivity index (χ1) is 9.08. The number of aromatic nitrogens is 2. The molecule has 0 aliphatic heterocycles. The molecule has 9 heteroatoms. The Kier molecular flexibility index (Phi) is 3.37. The highest BCUT2D eigenvalue weighted by atomic mass is 16.6. The van der Waals surface area contributed by atoms with Crippen LogP contribution in [-0.4, -0.2) is 26.1 Å². The second-order valence-electron chi connectivity index (χ2n) is 3.48. The van der Waals surface area contributed by atoms with Gasteiger partial charge in [0.25, 0.3) is 5.69 Å². The number of hydrogen-bond donors (Lipinski definition) is 2. The summed E-state index contributed by atoms with van der Waals surface area (Å²) in [6, 6.07) is 2.54. The van der Waals surface area contributed by atoms with Gasteiger partial charge in [-0.1, -0.05) is 5.16 Å². The SMILES string of the molecule is O=C(O)c1cc([N+](=O)[O-])cnc1NCc1ccno1. The van der Waals surface area contributed by atoms with Crippen molar-refractivity contribution in [2.45, 2.75) is 6.54 Å². The molecule has 0 radical (unpaired) electrons. The highest BCUT2D eigenvalue weighted by Crippen LogP contribution is 2.19. The van der Waals surface area contributed by atoms with Gasteiger partial charge in [-0.05, 0) is 0 Å². The third-order valence-electron chi connectivity index (χ3n) is 2.24. The Morgan fingerprint density at radius 2 is 2.37 bits per heavy atom. The van der Waals surface area contributed by atoms with E-state index in [1.165, 1.54) is 6.20 Å². The maximum Gasteiger partial charge on any atom is 0.339 e. The average Bonchev–Trinajstić information content (AvgIpc) is 2.89. The zero-order chi connectivity index (χ0) is 13.8. The van der Waals surface area contributed by atoms with E-state index in [4.69, 9.17) is 9.63 Å². The third kappa shape index (κ3) is 2.83. The van der Waals surface area contributed by atoms with Crippen molar-refractivity contribution in [3.63, 3.8) is 0 Å². The molecule has 0 amide bonds. The molecule has 2 aromatic heterocycles. The highest BCUT2D eigenvalue weighted by Gasteiger charge is 2.17. The first kappa shape index (κ1) is 12.5. The fraction of sp³-hybridized carbons (Fsp3) is 0.100. The van der Waals surface area contributed by atoms with Gasteiger partial charge in [0.05, 0.1) is 17.7 Å². The van der Waals surface area contributed by atoms with E-state index >= 15 is 0 Å². The molecule has 0 aromatic carbocycles. The Hall–Kier alpha value is -2.97. The summed E-state index contributed by atoms with van der Waals surface area (Å²) in [4.78, 5) is 24.6. The predicted octanol–water partition coefficient (Wildman–Crippen LogP) is 1.29. The average molecular weight is 264 g/mol. The topological polar surface area (TPSA) is 131 Å². The maximum absolute atomic E-state index is 11.0. The molecule has 98 valence electrons. The zero-order valence-corrected chi connectivity index (χ0v) is 9.44. The van der Waals surface area contributed by atoms with Gasteiger partial charge in [0.15, 0.2) is 5.76 Å². The first-order valence-corrected chi connectivity index (χ1v) is 5.09. The second kappa shape index (κ2) is 5.12. The normalized spacial score (nSPS) is 10.1. The number of carbonyl (C=O) groups is 1. The minimum atomic E-state index is -1.31. The van der Waals surface area contributed by atoms with Crippen LogP contribution in [0.4, 0.5) is 11.5 Å². The molecule has 0 atom stereocenters. The Bertz CT molecular complexity index is 610. The van der Waals surface area contributed by atoms with Crippen molar-refractivity contribution in [2.75, 3.05) is 5.32 Å². The van der Waals surface area contributed by atoms with Crippen molar-refractivity contribution >= 4 is 17.5 Å². The monoisotopic (exact) mass is 264 g/mol. The van der Waals surface area contributed by atoms with E-state index in [1.54, 1.807) is 6.07 Å². The summed E-state index contributed by atoms with van der Waals surface area (Å²) in [6.07, 6.45) is 2.42. The molecule has 2 heterocycles. The van der Waals surface area contributed by atoms with Crippen molar-refractivity contribution in [1.82, 2.24) is 10.1 Å². The molecule has 0 spiro atoms. The molecule has 0 bridgehead atoms. The molecule has 19 heavy (non-hydrogen) atoms. The summed E-state index contributed by atoms with van der Waals surface area (Å²) in [5.41, 5.74) is -0.670. The van der Waals surface area contributed by atoms with Gasteiger partial charge in [0, 0.05) is 12.1 Å². The van der Waals surface area contributed by atoms with Gasteiger partial charge in [-0.25, -0.2) is 9.78 Å². The molecule has 2 aromatic rings. The number of rotatable bonds is 5. The number of pyridine rings is 1. The molecule has 0 unspecified atom stereocenters. The lowest BCUT2D eigenvalue weighted by molar-refractivity contribution is -0.385. The van der Waals surface area contributed by atoms with Gasteiger partial charge in [-0.2, -0.15) is 0 Å². The van der Waals surface area contributed by atoms with Crippen LogP contribution in [0, 0.1) is 10.1 Å². The molecule has 2 rings (SSSR count). The summed E-state index contributed by atoms with van der Waals surface area (Å²) in [6.45, 7) is 0.172. The van der Waals surface area contributed by atoms with Crippen LogP contribution >= 0.6 is 0 Å². The summed E-state index contributed by atoms with van der Waals surface area (Å²) in [5, 5.41) is 25.8. The lowest BCUT2D eigenvalue weighted by Gasteiger charge is -2.06. The van der Waals surface area contributed by atoms with Crippen LogP contribution in [0.2, 0.25) is 0 Å². The van der Waals surface area contributed by atoms with Crippen molar-refractivity contribution in [3.8, 4) is 0 Å². The van der Waals surface area contributed by atoms with Crippen molar-refractivity contribution in [3.05, 3.63) is 46.0 Å². The van der Waals surface area contributed by atoms with Crippen LogP contribution in [0.25, 0.3) is 0 Å². The number of aromatic carboxylic acids is 1. The quantitative estimate of drug-likeness (QED) is 0.609. The minimum absolute atomic E-state index is 0.0227. The van der Waals surface area contributed by atoms with Crippen molar-refractivity contribution in [1.29, 1.82) is 0 Å². The number of hydrogen-bond acceptors (Lipinski definition) is 7. The van der Waals surface area contributed by atoms with Gasteiger partial charge in [0.1, 0.15) is 17.6 Å². The lowest BCUT2D eigenvalue weighted by Crippen LogP contribution is -2.08. The number of nitrogens with one attached hydrogen (secondary N) is 1. The summed E-state index contributed by atoms with van der Waals surface area (Å²) in [5.74, 6) is -0.803. The van der Waals surface area contributed by atoms with E-state index in [-0.39, 0.29) is 23.6 Å². The van der Waals surface area contributed by atoms with E-state index < -0.39 is 10.9 Å².